The van der Waals surface area contributed by atoms with Crippen molar-refractivity contribution in [3.8, 4) is 5.75 Å². The van der Waals surface area contributed by atoms with E-state index >= 15 is 0 Å². The van der Waals surface area contributed by atoms with Crippen LogP contribution in [0, 0.1) is 6.92 Å². The fraction of sp³-hybridized carbons (Fsp3) is 0.143. The van der Waals surface area contributed by atoms with Gasteiger partial charge in [0.05, 0.1) is 0 Å². The van der Waals surface area contributed by atoms with E-state index in [9.17, 15) is 5.11 Å². The number of ether oxygens (including phenoxy) is 1. The quantitative estimate of drug-likeness (QED) is 0.743. The molecule has 2 heteroatoms. The van der Waals surface area contributed by atoms with E-state index in [1.54, 1.807) is 0 Å². The molecule has 3 aromatic rings. The number of rotatable bonds is 5. The van der Waals surface area contributed by atoms with Crippen molar-refractivity contribution in [1.29, 1.82) is 0 Å². The van der Waals surface area contributed by atoms with Gasteiger partial charge in [0.25, 0.3) is 0 Å². The van der Waals surface area contributed by atoms with Crippen LogP contribution < -0.4 is 4.74 Å². The summed E-state index contributed by atoms with van der Waals surface area (Å²) in [5.74, 6) is 0.800. The second-order valence-electron chi connectivity index (χ2n) is 5.66. The number of aliphatic hydroxyl groups is 1. The molecule has 1 N–H and O–H groups in total. The van der Waals surface area contributed by atoms with E-state index in [4.69, 9.17) is 4.74 Å². The van der Waals surface area contributed by atoms with Crippen molar-refractivity contribution in [2.45, 2.75) is 19.6 Å². The highest BCUT2D eigenvalue weighted by Crippen LogP contribution is 2.24. The summed E-state index contributed by atoms with van der Waals surface area (Å²) < 4.78 is 5.77. The van der Waals surface area contributed by atoms with Crippen LogP contribution in [0.1, 0.15) is 28.4 Å². The number of benzene rings is 3. The van der Waals surface area contributed by atoms with Crippen molar-refractivity contribution in [3.63, 3.8) is 0 Å². The van der Waals surface area contributed by atoms with Crippen molar-refractivity contribution in [3.05, 3.63) is 101 Å². The maximum atomic E-state index is 10.5. The lowest BCUT2D eigenvalue weighted by Crippen LogP contribution is -2.00. The molecule has 0 amide bonds. The molecule has 0 bridgehead atoms. The fourth-order valence-electron chi connectivity index (χ4n) is 2.52. The average Bonchev–Trinajstić information content (AvgIpc) is 2.61. The Morgan fingerprint density at radius 3 is 2.26 bits per heavy atom. The Hall–Kier alpha value is -2.58. The molecule has 0 spiro atoms. The maximum Gasteiger partial charge on any atom is 0.119 e. The largest absolute Gasteiger partial charge is 0.489 e. The van der Waals surface area contributed by atoms with Gasteiger partial charge in [-0.05, 0) is 35.7 Å². The lowest BCUT2D eigenvalue weighted by atomic mass is 10.00. The maximum absolute atomic E-state index is 10.5. The van der Waals surface area contributed by atoms with Crippen LogP contribution in [0.2, 0.25) is 0 Å². The Morgan fingerprint density at radius 1 is 0.826 bits per heavy atom. The Labute approximate surface area is 137 Å². The first-order valence-electron chi connectivity index (χ1n) is 7.74. The van der Waals surface area contributed by atoms with Gasteiger partial charge < -0.3 is 9.84 Å². The van der Waals surface area contributed by atoms with Crippen molar-refractivity contribution in [2.75, 3.05) is 0 Å². The summed E-state index contributed by atoms with van der Waals surface area (Å²) in [6.45, 7) is 2.57. The Balaban J connectivity index is 1.67. The first kappa shape index (κ1) is 15.3. The summed E-state index contributed by atoms with van der Waals surface area (Å²) in [6, 6.07) is 25.6. The molecule has 0 aliphatic heterocycles. The number of hydrogen-bond donors (Lipinski definition) is 1. The summed E-state index contributed by atoms with van der Waals surface area (Å²) in [5, 5.41) is 10.5. The van der Waals surface area contributed by atoms with E-state index in [0.29, 0.717) is 6.61 Å². The van der Waals surface area contributed by atoms with Crippen LogP contribution in [0.25, 0.3) is 0 Å². The molecule has 0 saturated heterocycles. The molecule has 3 rings (SSSR count). The van der Waals surface area contributed by atoms with Gasteiger partial charge in [0, 0.05) is 0 Å². The number of aryl methyl sites for hydroxylation is 1. The van der Waals surface area contributed by atoms with E-state index in [1.165, 1.54) is 0 Å². The second-order valence-corrected chi connectivity index (χ2v) is 5.66. The molecule has 0 heterocycles. The van der Waals surface area contributed by atoms with Crippen molar-refractivity contribution >= 4 is 0 Å². The highest BCUT2D eigenvalue weighted by atomic mass is 16.5. The van der Waals surface area contributed by atoms with Crippen LogP contribution in [-0.4, -0.2) is 5.11 Å². The zero-order chi connectivity index (χ0) is 16.1. The predicted molar refractivity (Wildman–Crippen MR) is 92.5 cm³/mol. The van der Waals surface area contributed by atoms with Gasteiger partial charge in [0.1, 0.15) is 18.5 Å². The summed E-state index contributed by atoms with van der Waals surface area (Å²) in [4.78, 5) is 0. The molecular weight excluding hydrogens is 284 g/mol. The summed E-state index contributed by atoms with van der Waals surface area (Å²) in [6.07, 6.45) is -0.613. The molecule has 3 aromatic carbocycles. The molecule has 0 aliphatic carbocycles. The van der Waals surface area contributed by atoms with Gasteiger partial charge in [0.2, 0.25) is 0 Å². The minimum atomic E-state index is -0.613. The lowest BCUT2D eigenvalue weighted by molar-refractivity contribution is 0.220. The van der Waals surface area contributed by atoms with E-state index < -0.39 is 6.10 Å². The average molecular weight is 304 g/mol. The topological polar surface area (TPSA) is 29.5 Å². The Morgan fingerprint density at radius 2 is 1.57 bits per heavy atom. The van der Waals surface area contributed by atoms with E-state index in [2.05, 4.69) is 0 Å². The summed E-state index contributed by atoms with van der Waals surface area (Å²) >= 11 is 0. The highest BCUT2D eigenvalue weighted by molar-refractivity contribution is 5.35. The zero-order valence-electron chi connectivity index (χ0n) is 13.1. The smallest absolute Gasteiger partial charge is 0.119 e. The van der Waals surface area contributed by atoms with Crippen molar-refractivity contribution in [2.24, 2.45) is 0 Å². The summed E-state index contributed by atoms with van der Waals surface area (Å²) in [5.41, 5.74) is 4.05. The molecular formula is C21H20O2. The zero-order valence-corrected chi connectivity index (χ0v) is 13.1. The van der Waals surface area contributed by atoms with Crippen molar-refractivity contribution in [1.82, 2.24) is 0 Å². The number of hydrogen-bond acceptors (Lipinski definition) is 2. The molecule has 0 aromatic heterocycles. The summed E-state index contributed by atoms with van der Waals surface area (Å²) in [7, 11) is 0. The molecule has 116 valence electrons. The van der Waals surface area contributed by atoms with Crippen LogP contribution in [-0.2, 0) is 6.61 Å². The van der Waals surface area contributed by atoms with Gasteiger partial charge in [-0.2, -0.15) is 0 Å². The predicted octanol–water partition coefficient (Wildman–Crippen LogP) is 4.66. The van der Waals surface area contributed by atoms with Gasteiger partial charge in [0.15, 0.2) is 0 Å². The molecule has 0 saturated carbocycles. The third-order valence-corrected chi connectivity index (χ3v) is 3.80. The minimum Gasteiger partial charge on any atom is -0.489 e. The number of aliphatic hydroxyl groups excluding tert-OH is 1. The molecule has 2 nitrogen and oxygen atoms in total. The van der Waals surface area contributed by atoms with E-state index in [1.807, 2.05) is 85.8 Å². The van der Waals surface area contributed by atoms with Gasteiger partial charge in [-0.3, -0.25) is 0 Å². The van der Waals surface area contributed by atoms with Crippen molar-refractivity contribution < 1.29 is 9.84 Å². The molecule has 0 fully saturated rings. The Bertz CT molecular complexity index is 748. The highest BCUT2D eigenvalue weighted by Gasteiger charge is 2.10. The molecule has 0 radical (unpaired) electrons. The van der Waals surface area contributed by atoms with Gasteiger partial charge in [-0.25, -0.2) is 0 Å². The molecule has 23 heavy (non-hydrogen) atoms. The van der Waals surface area contributed by atoms with Crippen LogP contribution in [0.3, 0.4) is 0 Å². The first-order valence-corrected chi connectivity index (χ1v) is 7.74. The van der Waals surface area contributed by atoms with Crippen LogP contribution >= 0.6 is 0 Å². The third-order valence-electron chi connectivity index (χ3n) is 3.80. The second kappa shape index (κ2) is 7.12. The van der Waals surface area contributed by atoms with Crippen LogP contribution in [0.5, 0.6) is 5.75 Å². The Kier molecular flexibility index (Phi) is 4.74. The van der Waals surface area contributed by atoms with E-state index in [-0.39, 0.29) is 0 Å². The van der Waals surface area contributed by atoms with E-state index in [0.717, 1.165) is 28.0 Å². The first-order chi connectivity index (χ1) is 11.2. The molecule has 1 atom stereocenters. The molecule has 0 aliphatic rings. The monoisotopic (exact) mass is 304 g/mol. The normalized spacial score (nSPS) is 11.9. The molecule has 1 unspecified atom stereocenters. The van der Waals surface area contributed by atoms with Gasteiger partial charge in [-0.1, -0.05) is 72.3 Å². The van der Waals surface area contributed by atoms with Crippen LogP contribution in [0.15, 0.2) is 78.9 Å². The third kappa shape index (κ3) is 3.99. The SMILES string of the molecule is Cc1cccc(C(O)c2ccc(OCc3ccccc3)cc2)c1. The lowest BCUT2D eigenvalue weighted by Gasteiger charge is -2.13. The fourth-order valence-corrected chi connectivity index (χ4v) is 2.52. The minimum absolute atomic E-state index is 0.542. The van der Waals surface area contributed by atoms with Gasteiger partial charge >= 0.3 is 0 Å². The standard InChI is InChI=1S/C21H20O2/c1-16-6-5-9-19(14-16)21(22)18-10-12-20(13-11-18)23-15-17-7-3-2-4-8-17/h2-14,21-22H,15H2,1H3. The van der Waals surface area contributed by atoms with Gasteiger partial charge in [-0.15, -0.1) is 0 Å². The van der Waals surface area contributed by atoms with Crippen LogP contribution in [0.4, 0.5) is 0 Å².